The van der Waals surface area contributed by atoms with E-state index in [0.717, 1.165) is 23.2 Å². The minimum atomic E-state index is -0.991. The molecular formula is C23H25ClN2O5. The molecular weight excluding hydrogens is 420 g/mol. The number of amides is 2. The van der Waals surface area contributed by atoms with E-state index in [1.165, 1.54) is 14.0 Å². The van der Waals surface area contributed by atoms with Crippen LogP contribution >= 0.6 is 11.6 Å². The van der Waals surface area contributed by atoms with Gasteiger partial charge in [-0.2, -0.15) is 0 Å². The van der Waals surface area contributed by atoms with Gasteiger partial charge in [0, 0.05) is 29.7 Å². The summed E-state index contributed by atoms with van der Waals surface area (Å²) in [7, 11) is 1.48. The van der Waals surface area contributed by atoms with Gasteiger partial charge in [-0.25, -0.2) is 0 Å². The van der Waals surface area contributed by atoms with Gasteiger partial charge in [-0.3, -0.25) is 14.4 Å². The van der Waals surface area contributed by atoms with E-state index >= 15 is 0 Å². The third-order valence-corrected chi connectivity index (χ3v) is 5.49. The summed E-state index contributed by atoms with van der Waals surface area (Å²) in [6.45, 7) is 4.03. The summed E-state index contributed by atoms with van der Waals surface area (Å²) in [5.74, 6) is -0.471. The average Bonchev–Trinajstić information content (AvgIpc) is 3.16. The molecule has 0 bridgehead atoms. The van der Waals surface area contributed by atoms with E-state index in [1.54, 1.807) is 29.2 Å². The Hall–Kier alpha value is -3.06. The lowest BCUT2D eigenvalue weighted by Crippen LogP contribution is -2.30. The largest absolute Gasteiger partial charge is 0.495 e. The molecule has 31 heavy (non-hydrogen) atoms. The Morgan fingerprint density at radius 3 is 2.55 bits per heavy atom. The van der Waals surface area contributed by atoms with Crippen molar-refractivity contribution in [3.8, 4) is 5.75 Å². The third-order valence-electron chi connectivity index (χ3n) is 5.09. The van der Waals surface area contributed by atoms with Crippen LogP contribution in [0.25, 0.3) is 0 Å². The van der Waals surface area contributed by atoms with Crippen LogP contribution in [0.4, 0.5) is 11.4 Å². The Kier molecular flexibility index (Phi) is 7.17. The van der Waals surface area contributed by atoms with Crippen molar-refractivity contribution in [1.82, 2.24) is 0 Å². The molecule has 0 saturated carbocycles. The fourth-order valence-corrected chi connectivity index (χ4v) is 3.49. The van der Waals surface area contributed by atoms with Gasteiger partial charge >= 0.3 is 5.97 Å². The maximum absolute atomic E-state index is 12.5. The number of anilines is 2. The van der Waals surface area contributed by atoms with E-state index < -0.39 is 18.0 Å². The quantitative estimate of drug-likeness (QED) is 0.655. The molecule has 1 heterocycles. The molecule has 1 saturated heterocycles. The highest BCUT2D eigenvalue weighted by atomic mass is 35.5. The van der Waals surface area contributed by atoms with Crippen LogP contribution in [0, 0.1) is 6.92 Å². The number of nitrogens with zero attached hydrogens (tertiary/aromatic N) is 1. The number of ether oxygens (including phenoxy) is 2. The van der Waals surface area contributed by atoms with Crippen molar-refractivity contribution in [3.05, 3.63) is 52.5 Å². The van der Waals surface area contributed by atoms with E-state index in [9.17, 15) is 14.4 Å². The molecule has 1 aliphatic rings. The fourth-order valence-electron chi connectivity index (χ4n) is 3.34. The van der Waals surface area contributed by atoms with Crippen LogP contribution in [0.15, 0.2) is 36.4 Å². The summed E-state index contributed by atoms with van der Waals surface area (Å²) in [5.41, 5.74) is 2.79. The van der Waals surface area contributed by atoms with Crippen LogP contribution in [-0.4, -0.2) is 37.5 Å². The highest BCUT2D eigenvalue weighted by Gasteiger charge is 2.22. The molecule has 0 radical (unpaired) electrons. The lowest BCUT2D eigenvalue weighted by atomic mass is 10.1. The topological polar surface area (TPSA) is 84.9 Å². The van der Waals surface area contributed by atoms with Crippen LogP contribution in [-0.2, 0) is 25.5 Å². The lowest BCUT2D eigenvalue weighted by Gasteiger charge is -2.17. The van der Waals surface area contributed by atoms with Gasteiger partial charge in [-0.15, -0.1) is 0 Å². The van der Waals surface area contributed by atoms with Crippen LogP contribution in [0.3, 0.4) is 0 Å². The Labute approximate surface area is 186 Å². The molecule has 0 aromatic heterocycles. The summed E-state index contributed by atoms with van der Waals surface area (Å²) < 4.78 is 10.5. The normalized spacial score (nSPS) is 14.3. The second kappa shape index (κ2) is 9.83. The molecule has 2 aromatic carbocycles. The average molecular weight is 445 g/mol. The number of carbonyl (C=O) groups is 3. The predicted octanol–water partition coefficient (Wildman–Crippen LogP) is 3.90. The number of benzene rings is 2. The lowest BCUT2D eigenvalue weighted by molar-refractivity contribution is -0.152. The smallest absolute Gasteiger partial charge is 0.311 e. The molecule has 164 valence electrons. The summed E-state index contributed by atoms with van der Waals surface area (Å²) in [5, 5.41) is 3.23. The molecule has 1 unspecified atom stereocenters. The van der Waals surface area contributed by atoms with Crippen molar-refractivity contribution < 1.29 is 23.9 Å². The monoisotopic (exact) mass is 444 g/mol. The first kappa shape index (κ1) is 22.6. The van der Waals surface area contributed by atoms with Crippen molar-refractivity contribution in [2.75, 3.05) is 23.9 Å². The van der Waals surface area contributed by atoms with Crippen molar-refractivity contribution in [2.24, 2.45) is 0 Å². The van der Waals surface area contributed by atoms with Gasteiger partial charge < -0.3 is 19.7 Å². The van der Waals surface area contributed by atoms with E-state index in [1.807, 2.05) is 19.1 Å². The fraction of sp³-hybridized carbons (Fsp3) is 0.348. The van der Waals surface area contributed by atoms with E-state index in [2.05, 4.69) is 5.32 Å². The molecule has 2 aromatic rings. The zero-order valence-corrected chi connectivity index (χ0v) is 18.5. The molecule has 1 aliphatic heterocycles. The summed E-state index contributed by atoms with van der Waals surface area (Å²) >= 11 is 6.08. The molecule has 7 nitrogen and oxygen atoms in total. The number of carbonyl (C=O) groups excluding carboxylic acids is 3. The molecule has 8 heteroatoms. The van der Waals surface area contributed by atoms with Crippen LogP contribution in [0.2, 0.25) is 5.02 Å². The first-order chi connectivity index (χ1) is 14.8. The number of methoxy groups -OCH3 is 1. The molecule has 2 amide bonds. The van der Waals surface area contributed by atoms with Crippen LogP contribution in [0.5, 0.6) is 5.75 Å². The maximum Gasteiger partial charge on any atom is 0.311 e. The minimum Gasteiger partial charge on any atom is -0.495 e. The van der Waals surface area contributed by atoms with Crippen LogP contribution < -0.4 is 15.0 Å². The number of hydrogen-bond donors (Lipinski definition) is 1. The minimum absolute atomic E-state index is 0.0230. The second-order valence-electron chi connectivity index (χ2n) is 7.42. The second-order valence-corrected chi connectivity index (χ2v) is 7.82. The number of hydrogen-bond acceptors (Lipinski definition) is 5. The van der Waals surface area contributed by atoms with Gasteiger partial charge in [-0.1, -0.05) is 23.7 Å². The van der Waals surface area contributed by atoms with Gasteiger partial charge in [0.1, 0.15) is 5.75 Å². The van der Waals surface area contributed by atoms with E-state index in [-0.39, 0.29) is 12.3 Å². The molecule has 1 fully saturated rings. The first-order valence-electron chi connectivity index (χ1n) is 10.0. The zero-order valence-electron chi connectivity index (χ0n) is 17.7. The van der Waals surface area contributed by atoms with Crippen LogP contribution in [0.1, 0.15) is 30.9 Å². The van der Waals surface area contributed by atoms with E-state index in [4.69, 9.17) is 21.1 Å². The number of rotatable bonds is 7. The Bertz CT molecular complexity index is 990. The van der Waals surface area contributed by atoms with Gasteiger partial charge in [0.15, 0.2) is 6.10 Å². The van der Waals surface area contributed by atoms with Gasteiger partial charge in [0.25, 0.3) is 5.91 Å². The first-order valence-corrected chi connectivity index (χ1v) is 10.4. The van der Waals surface area contributed by atoms with E-state index in [0.29, 0.717) is 29.4 Å². The number of halogens is 1. The van der Waals surface area contributed by atoms with Crippen molar-refractivity contribution in [1.29, 1.82) is 0 Å². The van der Waals surface area contributed by atoms with Gasteiger partial charge in [-0.05, 0) is 49.6 Å². The van der Waals surface area contributed by atoms with Crippen molar-refractivity contribution in [3.63, 3.8) is 0 Å². The summed E-state index contributed by atoms with van der Waals surface area (Å²) in [4.78, 5) is 38.3. The molecule has 1 atom stereocenters. The molecule has 3 rings (SSSR count). The molecule has 1 N–H and O–H groups in total. The number of aryl methyl sites for hydroxylation is 1. The summed E-state index contributed by atoms with van der Waals surface area (Å²) in [6.07, 6.45) is 0.452. The zero-order chi connectivity index (χ0) is 22.5. The number of esters is 1. The molecule has 0 aliphatic carbocycles. The highest BCUT2D eigenvalue weighted by molar-refractivity contribution is 6.31. The van der Waals surface area contributed by atoms with Gasteiger partial charge in [0.2, 0.25) is 5.91 Å². The predicted molar refractivity (Wildman–Crippen MR) is 119 cm³/mol. The Balaban J connectivity index is 1.56. The van der Waals surface area contributed by atoms with Gasteiger partial charge in [0.05, 0.1) is 19.2 Å². The van der Waals surface area contributed by atoms with Crippen molar-refractivity contribution >= 4 is 40.8 Å². The Morgan fingerprint density at radius 1 is 1.23 bits per heavy atom. The summed E-state index contributed by atoms with van der Waals surface area (Å²) in [6, 6.07) is 10.5. The SMILES string of the molecule is COc1cc(Cl)c(C)cc1NC(=O)C(C)OC(=O)Cc1ccc(N2CCCC2=O)cc1. The standard InChI is InChI=1S/C23H25ClN2O5/c1-14-11-19(20(30-3)13-18(14)24)25-23(29)15(2)31-22(28)12-16-6-8-17(9-7-16)26-10-4-5-21(26)27/h6-9,11,13,15H,4-5,10,12H2,1-3H3,(H,25,29). The number of nitrogens with one attached hydrogen (secondary N) is 1. The Morgan fingerprint density at radius 2 is 1.94 bits per heavy atom. The highest BCUT2D eigenvalue weighted by Crippen LogP contribution is 2.31. The maximum atomic E-state index is 12.5. The molecule has 0 spiro atoms. The third kappa shape index (κ3) is 5.55. The van der Waals surface area contributed by atoms with Crippen molar-refractivity contribution in [2.45, 2.75) is 39.2 Å².